The summed E-state index contributed by atoms with van der Waals surface area (Å²) in [4.78, 5) is 14.3. The number of hydrogen-bond acceptors (Lipinski definition) is 4. The first kappa shape index (κ1) is 14.8. The summed E-state index contributed by atoms with van der Waals surface area (Å²) in [5.74, 6) is 0.915. The molecule has 2 heterocycles. The van der Waals surface area contributed by atoms with Crippen LogP contribution < -0.4 is 15.5 Å². The van der Waals surface area contributed by atoms with E-state index in [1.165, 1.54) is 0 Å². The summed E-state index contributed by atoms with van der Waals surface area (Å²) < 4.78 is 0. The van der Waals surface area contributed by atoms with Gasteiger partial charge in [-0.15, -0.1) is 5.10 Å². The molecule has 0 spiro atoms. The number of amides is 2. The molecule has 6 heteroatoms. The van der Waals surface area contributed by atoms with Gasteiger partial charge in [0.1, 0.15) is 0 Å². The van der Waals surface area contributed by atoms with Gasteiger partial charge in [0.15, 0.2) is 5.82 Å². The number of nitrogens with zero attached hydrogens (tertiary/aromatic N) is 3. The number of carbonyl (C=O) groups is 1. The Labute approximate surface area is 131 Å². The van der Waals surface area contributed by atoms with Crippen molar-refractivity contribution in [1.82, 2.24) is 20.8 Å². The lowest BCUT2D eigenvalue weighted by atomic mass is 10.0. The minimum atomic E-state index is -0.0468. The van der Waals surface area contributed by atoms with Crippen molar-refractivity contribution >= 4 is 11.8 Å². The van der Waals surface area contributed by atoms with E-state index in [2.05, 4.69) is 37.9 Å². The Morgan fingerprint density at radius 2 is 2.09 bits per heavy atom. The summed E-state index contributed by atoms with van der Waals surface area (Å²) in [6.45, 7) is 1.79. The maximum Gasteiger partial charge on any atom is 0.315 e. The lowest BCUT2D eigenvalue weighted by molar-refractivity contribution is 0.231. The number of allylic oxidation sites excluding steroid dienone is 1. The summed E-state index contributed by atoms with van der Waals surface area (Å²) in [7, 11) is 0. The van der Waals surface area contributed by atoms with E-state index < -0.39 is 0 Å². The second kappa shape index (κ2) is 7.24. The molecule has 3 rings (SSSR count). The molecule has 0 saturated carbocycles. The molecule has 0 bridgehead atoms. The Morgan fingerprint density at radius 3 is 2.77 bits per heavy atom. The molecule has 2 amide bonds. The van der Waals surface area contributed by atoms with Crippen LogP contribution in [0.3, 0.4) is 0 Å². The van der Waals surface area contributed by atoms with Gasteiger partial charge in [-0.1, -0.05) is 12.2 Å². The zero-order valence-corrected chi connectivity index (χ0v) is 12.7. The van der Waals surface area contributed by atoms with E-state index in [0.29, 0.717) is 0 Å². The van der Waals surface area contributed by atoms with Crippen molar-refractivity contribution in [2.75, 3.05) is 18.0 Å². The van der Waals surface area contributed by atoms with E-state index in [4.69, 9.17) is 0 Å². The van der Waals surface area contributed by atoms with E-state index in [-0.39, 0.29) is 18.1 Å². The van der Waals surface area contributed by atoms with Crippen LogP contribution >= 0.6 is 0 Å². The number of piperidine rings is 1. The van der Waals surface area contributed by atoms with Crippen molar-refractivity contribution < 1.29 is 4.79 Å². The van der Waals surface area contributed by atoms with Crippen molar-refractivity contribution in [3.63, 3.8) is 0 Å². The van der Waals surface area contributed by atoms with E-state index in [1.807, 2.05) is 12.1 Å². The van der Waals surface area contributed by atoms with Crippen LogP contribution in [-0.2, 0) is 0 Å². The van der Waals surface area contributed by atoms with Crippen molar-refractivity contribution in [2.24, 2.45) is 0 Å². The molecule has 118 valence electrons. The number of anilines is 1. The van der Waals surface area contributed by atoms with Gasteiger partial charge in [-0.25, -0.2) is 4.79 Å². The Hall–Kier alpha value is -2.11. The molecule has 1 aromatic rings. The molecule has 2 N–H and O–H groups in total. The first-order valence-electron chi connectivity index (χ1n) is 8.07. The minimum absolute atomic E-state index is 0.0468. The second-order valence-electron chi connectivity index (χ2n) is 5.93. The summed E-state index contributed by atoms with van der Waals surface area (Å²) in [5, 5.41) is 14.2. The fourth-order valence-electron chi connectivity index (χ4n) is 3.04. The number of carbonyl (C=O) groups excluding carboxylic acids is 1. The van der Waals surface area contributed by atoms with Crippen LogP contribution in [0.25, 0.3) is 0 Å². The van der Waals surface area contributed by atoms with Crippen LogP contribution in [-0.4, -0.2) is 41.4 Å². The molecule has 0 radical (unpaired) electrons. The first-order chi connectivity index (χ1) is 10.8. The topological polar surface area (TPSA) is 70.2 Å². The molecule has 1 atom stereocenters. The van der Waals surface area contributed by atoms with E-state index in [1.54, 1.807) is 6.20 Å². The van der Waals surface area contributed by atoms with Crippen molar-refractivity contribution in [1.29, 1.82) is 0 Å². The lowest BCUT2D eigenvalue weighted by Crippen LogP contribution is -2.50. The van der Waals surface area contributed by atoms with Crippen LogP contribution in [0.5, 0.6) is 0 Å². The highest BCUT2D eigenvalue weighted by Crippen LogP contribution is 2.16. The first-order valence-corrected chi connectivity index (χ1v) is 8.07. The van der Waals surface area contributed by atoms with Crippen molar-refractivity contribution in [3.05, 3.63) is 30.5 Å². The molecule has 22 heavy (non-hydrogen) atoms. The molecular weight excluding hydrogens is 278 g/mol. The molecule has 1 aromatic heterocycles. The van der Waals surface area contributed by atoms with Crippen molar-refractivity contribution in [2.45, 2.75) is 44.2 Å². The summed E-state index contributed by atoms with van der Waals surface area (Å²) >= 11 is 0. The maximum absolute atomic E-state index is 12.0. The van der Waals surface area contributed by atoms with Gasteiger partial charge in [-0.2, -0.15) is 5.10 Å². The van der Waals surface area contributed by atoms with Gasteiger partial charge in [0.05, 0.1) is 0 Å². The van der Waals surface area contributed by atoms with Gasteiger partial charge in [-0.3, -0.25) is 0 Å². The van der Waals surface area contributed by atoms with Crippen molar-refractivity contribution in [3.8, 4) is 0 Å². The predicted molar refractivity (Wildman–Crippen MR) is 85.7 cm³/mol. The Kier molecular flexibility index (Phi) is 4.88. The van der Waals surface area contributed by atoms with Gasteiger partial charge in [-0.05, 0) is 44.2 Å². The largest absolute Gasteiger partial charge is 0.355 e. The fourth-order valence-corrected chi connectivity index (χ4v) is 3.04. The highest BCUT2D eigenvalue weighted by atomic mass is 16.2. The quantitative estimate of drug-likeness (QED) is 0.836. The Morgan fingerprint density at radius 1 is 1.23 bits per heavy atom. The van der Waals surface area contributed by atoms with Crippen LogP contribution in [0.4, 0.5) is 10.6 Å². The zero-order valence-electron chi connectivity index (χ0n) is 12.7. The molecule has 1 unspecified atom stereocenters. The van der Waals surface area contributed by atoms with Crippen LogP contribution in [0.15, 0.2) is 30.5 Å². The third-order valence-electron chi connectivity index (χ3n) is 4.28. The standard InChI is InChI=1S/C16H23N5O/c22-16(18-13-5-2-1-3-6-13)19-14-8-11-21(12-9-14)15-7-4-10-17-20-15/h2,4-5,7,10,13-14H,1,3,6,8-9,11-12H2,(H2,18,19,22). The second-order valence-corrected chi connectivity index (χ2v) is 5.93. The average molecular weight is 301 g/mol. The van der Waals surface area contributed by atoms with Crippen LogP contribution in [0.2, 0.25) is 0 Å². The molecule has 2 aliphatic rings. The smallest absolute Gasteiger partial charge is 0.315 e. The summed E-state index contributed by atoms with van der Waals surface area (Å²) in [5.41, 5.74) is 0. The van der Waals surface area contributed by atoms with Crippen LogP contribution in [0.1, 0.15) is 32.1 Å². The average Bonchev–Trinajstić information content (AvgIpc) is 2.57. The van der Waals surface area contributed by atoms with Gasteiger partial charge in [0.25, 0.3) is 0 Å². The Bertz CT molecular complexity index is 511. The third kappa shape index (κ3) is 3.96. The lowest BCUT2D eigenvalue weighted by Gasteiger charge is -2.33. The molecule has 6 nitrogen and oxygen atoms in total. The van der Waals surface area contributed by atoms with E-state index in [9.17, 15) is 4.79 Å². The number of aromatic nitrogens is 2. The van der Waals surface area contributed by atoms with Gasteiger partial charge in [0.2, 0.25) is 0 Å². The normalized spacial score (nSPS) is 22.4. The summed E-state index contributed by atoms with van der Waals surface area (Å²) in [6, 6.07) is 4.25. The number of rotatable bonds is 3. The molecule has 1 fully saturated rings. The number of hydrogen-bond donors (Lipinski definition) is 2. The maximum atomic E-state index is 12.0. The number of nitrogens with one attached hydrogen (secondary N) is 2. The predicted octanol–water partition coefficient (Wildman–Crippen LogP) is 1.85. The van der Waals surface area contributed by atoms with Gasteiger partial charge in [0, 0.05) is 31.4 Å². The minimum Gasteiger partial charge on any atom is -0.355 e. The van der Waals surface area contributed by atoms with Crippen LogP contribution in [0, 0.1) is 0 Å². The van der Waals surface area contributed by atoms with E-state index >= 15 is 0 Å². The highest BCUT2D eigenvalue weighted by molar-refractivity contribution is 5.74. The zero-order chi connectivity index (χ0) is 15.2. The summed E-state index contributed by atoms with van der Waals surface area (Å²) in [6.07, 6.45) is 11.1. The van der Waals surface area contributed by atoms with E-state index in [0.717, 1.165) is 51.0 Å². The SMILES string of the molecule is O=C(NC1C=CCCC1)NC1CCN(c2cccnn2)CC1. The molecule has 1 aliphatic heterocycles. The molecule has 0 aromatic carbocycles. The molecular formula is C16H23N5O. The molecule has 1 aliphatic carbocycles. The Balaban J connectivity index is 1.42. The molecule has 1 saturated heterocycles. The van der Waals surface area contributed by atoms with Gasteiger partial charge >= 0.3 is 6.03 Å². The fraction of sp³-hybridized carbons (Fsp3) is 0.562. The monoisotopic (exact) mass is 301 g/mol. The highest BCUT2D eigenvalue weighted by Gasteiger charge is 2.22. The van der Waals surface area contributed by atoms with Gasteiger partial charge < -0.3 is 15.5 Å². The number of urea groups is 1. The third-order valence-corrected chi connectivity index (χ3v) is 4.28.